The quantitative estimate of drug-likeness (QED) is 0.765. The molecule has 1 N–H and O–H groups in total. The maximum atomic E-state index is 12.5. The van der Waals surface area contributed by atoms with E-state index >= 15 is 0 Å². The van der Waals surface area contributed by atoms with Gasteiger partial charge >= 0.3 is 0 Å². The van der Waals surface area contributed by atoms with Crippen LogP contribution in [0.25, 0.3) is 0 Å². The van der Waals surface area contributed by atoms with Crippen LogP contribution in [0.4, 0.5) is 0 Å². The molecule has 128 valence electrons. The standard InChI is InChI=1S/C18H18N4O2S/c23-18(21-14-6-7-17-19-12-20-22(17)10-14)13-3-1-4-15(9-13)24-11-16-5-2-8-25-16/h1-5,8-9,12,14H,6-7,10-11H2,(H,21,23). The maximum absolute atomic E-state index is 12.5. The molecule has 0 aliphatic carbocycles. The van der Waals surface area contributed by atoms with Crippen molar-refractivity contribution >= 4 is 17.2 Å². The summed E-state index contributed by atoms with van der Waals surface area (Å²) in [5, 5.41) is 9.29. The van der Waals surface area contributed by atoms with Gasteiger partial charge in [0.1, 0.15) is 24.5 Å². The van der Waals surface area contributed by atoms with Gasteiger partial charge in [-0.15, -0.1) is 11.3 Å². The third kappa shape index (κ3) is 3.71. The average Bonchev–Trinajstić information content (AvgIpc) is 3.31. The zero-order chi connectivity index (χ0) is 17.1. The van der Waals surface area contributed by atoms with Crippen molar-refractivity contribution in [1.29, 1.82) is 0 Å². The van der Waals surface area contributed by atoms with E-state index < -0.39 is 0 Å². The highest BCUT2D eigenvalue weighted by Crippen LogP contribution is 2.18. The lowest BCUT2D eigenvalue weighted by Crippen LogP contribution is -2.41. The van der Waals surface area contributed by atoms with Crippen molar-refractivity contribution in [2.75, 3.05) is 0 Å². The van der Waals surface area contributed by atoms with Crippen LogP contribution >= 0.6 is 11.3 Å². The van der Waals surface area contributed by atoms with E-state index in [0.717, 1.165) is 23.5 Å². The van der Waals surface area contributed by atoms with Gasteiger partial charge in [0, 0.05) is 22.9 Å². The first-order chi connectivity index (χ1) is 12.3. The summed E-state index contributed by atoms with van der Waals surface area (Å²) in [6, 6.07) is 11.4. The van der Waals surface area contributed by atoms with Crippen molar-refractivity contribution < 1.29 is 9.53 Å². The Balaban J connectivity index is 1.38. The number of ether oxygens (including phenoxy) is 1. The van der Waals surface area contributed by atoms with E-state index in [2.05, 4.69) is 15.4 Å². The molecule has 6 nitrogen and oxygen atoms in total. The van der Waals surface area contributed by atoms with Crippen LogP contribution in [0.3, 0.4) is 0 Å². The summed E-state index contributed by atoms with van der Waals surface area (Å²) >= 11 is 1.65. The smallest absolute Gasteiger partial charge is 0.251 e. The lowest BCUT2D eigenvalue weighted by molar-refractivity contribution is 0.0925. The predicted octanol–water partition coefficient (Wildman–Crippen LogP) is 2.66. The van der Waals surface area contributed by atoms with Crippen LogP contribution < -0.4 is 10.1 Å². The van der Waals surface area contributed by atoms with Gasteiger partial charge in [-0.1, -0.05) is 12.1 Å². The van der Waals surface area contributed by atoms with Crippen LogP contribution in [0, 0.1) is 0 Å². The molecule has 3 aromatic rings. The molecule has 4 rings (SSSR count). The van der Waals surface area contributed by atoms with E-state index in [-0.39, 0.29) is 11.9 Å². The SMILES string of the molecule is O=C(NC1CCc2ncnn2C1)c1cccc(OCc2cccs2)c1. The van der Waals surface area contributed by atoms with Gasteiger partial charge in [-0.3, -0.25) is 4.79 Å². The zero-order valence-corrected chi connectivity index (χ0v) is 14.4. The van der Waals surface area contributed by atoms with Crippen LogP contribution in [0.15, 0.2) is 48.1 Å². The number of nitrogens with zero attached hydrogens (tertiary/aromatic N) is 3. The summed E-state index contributed by atoms with van der Waals surface area (Å²) in [5.74, 6) is 1.59. The highest BCUT2D eigenvalue weighted by Gasteiger charge is 2.21. The summed E-state index contributed by atoms with van der Waals surface area (Å²) in [6.07, 6.45) is 3.27. The van der Waals surface area contributed by atoms with E-state index in [9.17, 15) is 4.79 Å². The van der Waals surface area contributed by atoms with Gasteiger partial charge in [-0.05, 0) is 36.1 Å². The molecule has 0 saturated heterocycles. The van der Waals surface area contributed by atoms with E-state index in [1.165, 1.54) is 0 Å². The van der Waals surface area contributed by atoms with Crippen LogP contribution in [0.1, 0.15) is 27.5 Å². The Kier molecular flexibility index (Phi) is 4.47. The Morgan fingerprint density at radius 1 is 1.36 bits per heavy atom. The van der Waals surface area contributed by atoms with Crippen molar-refractivity contribution in [2.24, 2.45) is 0 Å². The normalized spacial score (nSPS) is 16.2. The van der Waals surface area contributed by atoms with Gasteiger partial charge in [0.25, 0.3) is 5.91 Å². The second kappa shape index (κ2) is 7.06. The summed E-state index contributed by atoms with van der Waals surface area (Å²) < 4.78 is 7.63. The monoisotopic (exact) mass is 354 g/mol. The molecule has 1 aliphatic heterocycles. The van der Waals surface area contributed by atoms with Crippen LogP contribution in [0.5, 0.6) is 5.75 Å². The molecule has 0 bridgehead atoms. The third-order valence-corrected chi connectivity index (χ3v) is 5.05. The number of rotatable bonds is 5. The second-order valence-electron chi connectivity index (χ2n) is 5.96. The Morgan fingerprint density at radius 3 is 3.20 bits per heavy atom. The number of thiophene rings is 1. The van der Waals surface area contributed by atoms with Gasteiger partial charge < -0.3 is 10.1 Å². The molecule has 0 spiro atoms. The molecule has 25 heavy (non-hydrogen) atoms. The number of benzene rings is 1. The summed E-state index contributed by atoms with van der Waals surface area (Å²) in [5.41, 5.74) is 0.605. The fourth-order valence-electron chi connectivity index (χ4n) is 2.90. The number of aryl methyl sites for hydroxylation is 1. The van der Waals surface area contributed by atoms with Crippen molar-refractivity contribution in [3.05, 3.63) is 64.4 Å². The van der Waals surface area contributed by atoms with Gasteiger partial charge in [0.2, 0.25) is 0 Å². The molecule has 1 amide bonds. The van der Waals surface area contributed by atoms with Gasteiger partial charge in [0.15, 0.2) is 0 Å². The number of aromatic nitrogens is 3. The van der Waals surface area contributed by atoms with Gasteiger partial charge in [-0.25, -0.2) is 9.67 Å². The molecule has 3 heterocycles. The molecule has 0 radical (unpaired) electrons. The van der Waals surface area contributed by atoms with E-state index in [0.29, 0.717) is 24.5 Å². The summed E-state index contributed by atoms with van der Waals surface area (Å²) in [7, 11) is 0. The van der Waals surface area contributed by atoms with Crippen molar-refractivity contribution in [1.82, 2.24) is 20.1 Å². The molecular formula is C18H18N4O2S. The minimum absolute atomic E-state index is 0.0670. The molecule has 0 fully saturated rings. The van der Waals surface area contributed by atoms with E-state index in [4.69, 9.17) is 4.74 Å². The van der Waals surface area contributed by atoms with Crippen LogP contribution in [-0.2, 0) is 19.6 Å². The average molecular weight is 354 g/mol. The number of amides is 1. The first-order valence-corrected chi connectivity index (χ1v) is 9.09. The highest BCUT2D eigenvalue weighted by molar-refractivity contribution is 7.09. The van der Waals surface area contributed by atoms with Crippen LogP contribution in [-0.4, -0.2) is 26.7 Å². The van der Waals surface area contributed by atoms with Gasteiger partial charge in [0.05, 0.1) is 6.54 Å². The first-order valence-electron chi connectivity index (χ1n) is 8.21. The Morgan fingerprint density at radius 2 is 2.32 bits per heavy atom. The molecule has 2 aromatic heterocycles. The number of hydrogen-bond acceptors (Lipinski definition) is 5. The van der Waals surface area contributed by atoms with Gasteiger partial charge in [-0.2, -0.15) is 5.10 Å². The third-order valence-electron chi connectivity index (χ3n) is 4.20. The Hall–Kier alpha value is -2.67. The minimum Gasteiger partial charge on any atom is -0.488 e. The number of carbonyl (C=O) groups excluding carboxylic acids is 1. The first kappa shape index (κ1) is 15.8. The molecule has 1 aliphatic rings. The number of fused-ring (bicyclic) bond motifs is 1. The molecule has 7 heteroatoms. The van der Waals surface area contributed by atoms with Crippen LogP contribution in [0.2, 0.25) is 0 Å². The molecular weight excluding hydrogens is 336 g/mol. The summed E-state index contributed by atoms with van der Waals surface area (Å²) in [4.78, 5) is 17.9. The maximum Gasteiger partial charge on any atom is 0.251 e. The molecule has 0 saturated carbocycles. The second-order valence-corrected chi connectivity index (χ2v) is 7.00. The van der Waals surface area contributed by atoms with Crippen molar-refractivity contribution in [2.45, 2.75) is 32.0 Å². The lowest BCUT2D eigenvalue weighted by atomic mass is 10.1. The number of carbonyl (C=O) groups is 1. The van der Waals surface area contributed by atoms with Crippen molar-refractivity contribution in [3.63, 3.8) is 0 Å². The minimum atomic E-state index is -0.0878. The van der Waals surface area contributed by atoms with E-state index in [1.54, 1.807) is 29.8 Å². The largest absolute Gasteiger partial charge is 0.488 e. The van der Waals surface area contributed by atoms with Crippen molar-refractivity contribution in [3.8, 4) is 5.75 Å². The Labute approximate surface area is 149 Å². The zero-order valence-electron chi connectivity index (χ0n) is 13.6. The Bertz CT molecular complexity index is 860. The number of hydrogen-bond donors (Lipinski definition) is 1. The van der Waals surface area contributed by atoms with E-state index in [1.807, 2.05) is 34.3 Å². The molecule has 1 unspecified atom stereocenters. The number of nitrogens with one attached hydrogen (secondary N) is 1. The predicted molar refractivity (Wildman–Crippen MR) is 94.7 cm³/mol. The topological polar surface area (TPSA) is 69.0 Å². The molecule has 1 atom stereocenters. The fraction of sp³-hybridized carbons (Fsp3) is 0.278. The summed E-state index contributed by atoms with van der Waals surface area (Å²) in [6.45, 7) is 1.18. The fourth-order valence-corrected chi connectivity index (χ4v) is 3.52. The highest BCUT2D eigenvalue weighted by atomic mass is 32.1. The molecule has 1 aromatic carbocycles. The lowest BCUT2D eigenvalue weighted by Gasteiger charge is -2.23.